The summed E-state index contributed by atoms with van der Waals surface area (Å²) in [6, 6.07) is 7.59. The number of hydrogen-bond acceptors (Lipinski definition) is 4. The molecule has 1 aliphatic heterocycles. The summed E-state index contributed by atoms with van der Waals surface area (Å²) in [6.07, 6.45) is -0.135. The molecule has 1 saturated heterocycles. The van der Waals surface area contributed by atoms with E-state index in [9.17, 15) is 9.90 Å². The molecule has 5 heteroatoms. The largest absolute Gasteiger partial charge is 0.394 e. The first-order chi connectivity index (χ1) is 9.08. The van der Waals surface area contributed by atoms with Crippen molar-refractivity contribution < 1.29 is 14.6 Å². The fourth-order valence-corrected chi connectivity index (χ4v) is 2.66. The van der Waals surface area contributed by atoms with E-state index in [4.69, 9.17) is 4.74 Å². The third-order valence-electron chi connectivity index (χ3n) is 3.14. The van der Waals surface area contributed by atoms with E-state index in [0.29, 0.717) is 13.1 Å². The van der Waals surface area contributed by atoms with Crippen LogP contribution in [0.5, 0.6) is 0 Å². The fourth-order valence-electron chi connectivity index (χ4n) is 2.30. The molecule has 0 spiro atoms. The predicted octanol–water partition coefficient (Wildman–Crippen LogP) is 1.56. The Morgan fingerprint density at radius 2 is 2.11 bits per heavy atom. The fraction of sp³-hybridized carbons (Fsp3) is 0.500. The lowest BCUT2D eigenvalue weighted by Crippen LogP contribution is -2.49. The van der Waals surface area contributed by atoms with E-state index in [-0.39, 0.29) is 24.6 Å². The molecule has 4 nitrogen and oxygen atoms in total. The number of aliphatic hydroxyl groups is 1. The Morgan fingerprint density at radius 1 is 1.42 bits per heavy atom. The van der Waals surface area contributed by atoms with Crippen LogP contribution >= 0.6 is 22.6 Å². The summed E-state index contributed by atoms with van der Waals surface area (Å²) in [5, 5.41) is 9.17. The second-order valence-electron chi connectivity index (χ2n) is 4.88. The number of nitrogens with zero attached hydrogens (tertiary/aromatic N) is 1. The van der Waals surface area contributed by atoms with Crippen molar-refractivity contribution in [2.24, 2.45) is 0 Å². The molecule has 1 aromatic carbocycles. The van der Waals surface area contributed by atoms with Crippen molar-refractivity contribution in [1.29, 1.82) is 0 Å². The van der Waals surface area contributed by atoms with Gasteiger partial charge < -0.3 is 9.84 Å². The number of halogens is 1. The van der Waals surface area contributed by atoms with E-state index in [1.807, 2.05) is 31.2 Å². The molecule has 19 heavy (non-hydrogen) atoms. The molecule has 104 valence electrons. The standard InChI is InChI=1S/C14H18INO3/c1-10-6-16(7-13(9-17)19-10)8-14(18)11-2-4-12(15)5-3-11/h2-5,10,13,17H,6-9H2,1H3. The van der Waals surface area contributed by atoms with Crippen LogP contribution < -0.4 is 0 Å². The van der Waals surface area contributed by atoms with Gasteiger partial charge in [0, 0.05) is 22.2 Å². The van der Waals surface area contributed by atoms with Gasteiger partial charge in [0.05, 0.1) is 25.4 Å². The van der Waals surface area contributed by atoms with Gasteiger partial charge in [-0.15, -0.1) is 0 Å². The van der Waals surface area contributed by atoms with Crippen LogP contribution in [0.1, 0.15) is 17.3 Å². The molecule has 0 amide bonds. The third-order valence-corrected chi connectivity index (χ3v) is 3.86. The average Bonchev–Trinajstić information content (AvgIpc) is 2.38. The lowest BCUT2D eigenvalue weighted by Gasteiger charge is -2.35. The molecule has 1 heterocycles. The number of benzene rings is 1. The van der Waals surface area contributed by atoms with E-state index in [1.165, 1.54) is 0 Å². The maximum absolute atomic E-state index is 12.2. The second kappa shape index (κ2) is 6.78. The number of ketones is 1. The zero-order valence-corrected chi connectivity index (χ0v) is 13.0. The molecule has 2 rings (SSSR count). The number of carbonyl (C=O) groups is 1. The molecule has 0 aromatic heterocycles. The van der Waals surface area contributed by atoms with Crippen LogP contribution in [-0.4, -0.2) is 54.2 Å². The Labute approximate surface area is 126 Å². The van der Waals surface area contributed by atoms with Crippen LogP contribution in [0.2, 0.25) is 0 Å². The van der Waals surface area contributed by atoms with E-state index in [0.717, 1.165) is 15.7 Å². The van der Waals surface area contributed by atoms with Crippen LogP contribution in [0.4, 0.5) is 0 Å². The van der Waals surface area contributed by atoms with Gasteiger partial charge in [0.1, 0.15) is 0 Å². The molecule has 1 fully saturated rings. The SMILES string of the molecule is CC1CN(CC(=O)c2ccc(I)cc2)CC(CO)O1. The highest BCUT2D eigenvalue weighted by molar-refractivity contribution is 14.1. The summed E-state index contributed by atoms with van der Waals surface area (Å²) in [6.45, 7) is 3.68. The minimum atomic E-state index is -0.187. The van der Waals surface area contributed by atoms with Crippen LogP contribution in [0.15, 0.2) is 24.3 Å². The van der Waals surface area contributed by atoms with Gasteiger partial charge >= 0.3 is 0 Å². The van der Waals surface area contributed by atoms with Crippen molar-refractivity contribution in [3.8, 4) is 0 Å². The Hall–Kier alpha value is -0.500. The summed E-state index contributed by atoms with van der Waals surface area (Å²) in [5.41, 5.74) is 0.736. The first kappa shape index (κ1) is 14.9. The lowest BCUT2D eigenvalue weighted by atomic mass is 10.1. The van der Waals surface area contributed by atoms with Crippen LogP contribution in [-0.2, 0) is 4.74 Å². The molecule has 1 aromatic rings. The summed E-state index contributed by atoms with van der Waals surface area (Å²) >= 11 is 2.22. The Morgan fingerprint density at radius 3 is 2.74 bits per heavy atom. The van der Waals surface area contributed by atoms with Gasteiger partial charge in [-0.2, -0.15) is 0 Å². The molecule has 1 aliphatic rings. The van der Waals surface area contributed by atoms with E-state index in [2.05, 4.69) is 27.5 Å². The van der Waals surface area contributed by atoms with E-state index in [1.54, 1.807) is 0 Å². The summed E-state index contributed by atoms with van der Waals surface area (Å²) in [4.78, 5) is 14.2. The smallest absolute Gasteiger partial charge is 0.176 e. The Kier molecular flexibility index (Phi) is 5.32. The van der Waals surface area contributed by atoms with Crippen LogP contribution in [0.25, 0.3) is 0 Å². The highest BCUT2D eigenvalue weighted by Crippen LogP contribution is 2.13. The molecule has 0 aliphatic carbocycles. The topological polar surface area (TPSA) is 49.8 Å². The van der Waals surface area contributed by atoms with Gasteiger partial charge in [-0.05, 0) is 41.6 Å². The number of hydrogen-bond donors (Lipinski definition) is 1. The van der Waals surface area contributed by atoms with Crippen molar-refractivity contribution in [1.82, 2.24) is 4.90 Å². The maximum atomic E-state index is 12.2. The minimum Gasteiger partial charge on any atom is -0.394 e. The zero-order valence-electron chi connectivity index (χ0n) is 10.9. The van der Waals surface area contributed by atoms with Crippen molar-refractivity contribution in [3.63, 3.8) is 0 Å². The first-order valence-electron chi connectivity index (χ1n) is 6.36. The van der Waals surface area contributed by atoms with Crippen molar-refractivity contribution in [3.05, 3.63) is 33.4 Å². The van der Waals surface area contributed by atoms with Crippen molar-refractivity contribution in [2.45, 2.75) is 19.1 Å². The molecule has 0 radical (unpaired) electrons. The molecular weight excluding hydrogens is 357 g/mol. The second-order valence-corrected chi connectivity index (χ2v) is 6.12. The maximum Gasteiger partial charge on any atom is 0.176 e. The molecule has 2 unspecified atom stereocenters. The Bertz CT molecular complexity index is 435. The normalized spacial score (nSPS) is 24.4. The number of carbonyl (C=O) groups excluding carboxylic acids is 1. The minimum absolute atomic E-state index is 0.00143. The van der Waals surface area contributed by atoms with E-state index < -0.39 is 0 Å². The summed E-state index contributed by atoms with van der Waals surface area (Å²) < 4.78 is 6.68. The third kappa shape index (κ3) is 4.24. The monoisotopic (exact) mass is 375 g/mol. The highest BCUT2D eigenvalue weighted by Gasteiger charge is 2.26. The number of aliphatic hydroxyl groups excluding tert-OH is 1. The van der Waals surface area contributed by atoms with Gasteiger partial charge in [0.2, 0.25) is 0 Å². The first-order valence-corrected chi connectivity index (χ1v) is 7.44. The quantitative estimate of drug-likeness (QED) is 0.641. The average molecular weight is 375 g/mol. The zero-order chi connectivity index (χ0) is 13.8. The van der Waals surface area contributed by atoms with Gasteiger partial charge in [-0.25, -0.2) is 0 Å². The molecular formula is C14H18INO3. The van der Waals surface area contributed by atoms with Crippen molar-refractivity contribution in [2.75, 3.05) is 26.2 Å². The predicted molar refractivity (Wildman–Crippen MR) is 81.4 cm³/mol. The van der Waals surface area contributed by atoms with Gasteiger partial charge in [-0.3, -0.25) is 9.69 Å². The van der Waals surface area contributed by atoms with Crippen LogP contribution in [0.3, 0.4) is 0 Å². The number of rotatable bonds is 4. The van der Waals surface area contributed by atoms with Gasteiger partial charge in [-0.1, -0.05) is 12.1 Å². The van der Waals surface area contributed by atoms with Gasteiger partial charge in [0.15, 0.2) is 5.78 Å². The molecule has 0 saturated carbocycles. The molecule has 0 bridgehead atoms. The number of Topliss-reactive ketones (excluding diaryl/α,β-unsaturated/α-hetero) is 1. The lowest BCUT2D eigenvalue weighted by molar-refractivity contribution is -0.0926. The van der Waals surface area contributed by atoms with Crippen LogP contribution in [0, 0.1) is 3.57 Å². The Balaban J connectivity index is 1.96. The molecule has 1 N–H and O–H groups in total. The van der Waals surface area contributed by atoms with Crippen molar-refractivity contribution >= 4 is 28.4 Å². The number of morpholine rings is 1. The van der Waals surface area contributed by atoms with Gasteiger partial charge in [0.25, 0.3) is 0 Å². The summed E-state index contributed by atoms with van der Waals surface area (Å²) in [5.74, 6) is 0.113. The highest BCUT2D eigenvalue weighted by atomic mass is 127. The summed E-state index contributed by atoms with van der Waals surface area (Å²) in [7, 11) is 0. The number of ether oxygens (including phenoxy) is 1. The molecule has 2 atom stereocenters. The van der Waals surface area contributed by atoms with E-state index >= 15 is 0 Å².